The minimum atomic E-state index is -0.530. The van der Waals surface area contributed by atoms with Gasteiger partial charge < -0.3 is 14.7 Å². The summed E-state index contributed by atoms with van der Waals surface area (Å²) >= 11 is 0. The van der Waals surface area contributed by atoms with E-state index >= 15 is 0 Å². The van der Waals surface area contributed by atoms with E-state index in [-0.39, 0.29) is 34.9 Å². The molecule has 0 N–H and O–H groups in total. The van der Waals surface area contributed by atoms with Crippen LogP contribution in [0, 0.1) is 16.0 Å². The quantitative estimate of drug-likeness (QED) is 0.430. The predicted molar refractivity (Wildman–Crippen MR) is 105 cm³/mol. The molecule has 154 valence electrons. The largest absolute Gasteiger partial charge is 0.339 e. The van der Waals surface area contributed by atoms with E-state index in [1.54, 1.807) is 20.8 Å². The fraction of sp³-hybridized carbons (Fsp3) is 0.450. The number of carbonyl (C=O) groups excluding carboxylic acids is 3. The maximum absolute atomic E-state index is 12.9. The topological polar surface area (TPSA) is 104 Å². The van der Waals surface area contributed by atoms with Gasteiger partial charge in [-0.05, 0) is 25.0 Å². The summed E-state index contributed by atoms with van der Waals surface area (Å²) < 4.78 is 0. The van der Waals surface area contributed by atoms with Crippen molar-refractivity contribution in [3.05, 3.63) is 52.6 Å². The number of piperazine rings is 1. The van der Waals surface area contributed by atoms with Gasteiger partial charge >= 0.3 is 0 Å². The molecule has 1 aromatic carbocycles. The summed E-state index contributed by atoms with van der Waals surface area (Å²) in [6.07, 6.45) is 2.79. The fourth-order valence-corrected chi connectivity index (χ4v) is 3.83. The van der Waals surface area contributed by atoms with E-state index in [1.165, 1.54) is 24.3 Å². The minimum absolute atomic E-state index is 0.00834. The van der Waals surface area contributed by atoms with Crippen molar-refractivity contribution in [3.63, 3.8) is 0 Å². The van der Waals surface area contributed by atoms with Crippen LogP contribution < -0.4 is 0 Å². The van der Waals surface area contributed by atoms with E-state index in [4.69, 9.17) is 0 Å². The summed E-state index contributed by atoms with van der Waals surface area (Å²) in [5.74, 6) is -0.656. The maximum Gasteiger partial charge on any atom is 0.270 e. The average molecular weight is 400 g/mol. The van der Waals surface area contributed by atoms with Crippen molar-refractivity contribution in [3.8, 4) is 0 Å². The molecule has 2 heterocycles. The first-order valence-corrected chi connectivity index (χ1v) is 9.64. The monoisotopic (exact) mass is 400 g/mol. The van der Waals surface area contributed by atoms with Crippen LogP contribution in [0.1, 0.15) is 23.2 Å². The van der Waals surface area contributed by atoms with Gasteiger partial charge in [0.2, 0.25) is 11.8 Å². The van der Waals surface area contributed by atoms with E-state index in [2.05, 4.69) is 6.58 Å². The highest BCUT2D eigenvalue weighted by Crippen LogP contribution is 2.21. The van der Waals surface area contributed by atoms with Gasteiger partial charge in [0.25, 0.3) is 11.6 Å². The van der Waals surface area contributed by atoms with Gasteiger partial charge in [-0.25, -0.2) is 0 Å². The molecule has 29 heavy (non-hydrogen) atoms. The SMILES string of the molecule is C=CC(=O)N1CCCC(C(=O)N2CCN(C(=O)c3cccc([N+](=O)[O-])c3)CC2)C1. The zero-order chi connectivity index (χ0) is 21.0. The summed E-state index contributed by atoms with van der Waals surface area (Å²) in [5.41, 5.74) is 0.144. The van der Waals surface area contributed by atoms with E-state index < -0.39 is 4.92 Å². The minimum Gasteiger partial charge on any atom is -0.339 e. The van der Waals surface area contributed by atoms with Crippen LogP contribution in [-0.2, 0) is 9.59 Å². The number of hydrogen-bond acceptors (Lipinski definition) is 5. The predicted octanol–water partition coefficient (Wildman–Crippen LogP) is 1.30. The lowest BCUT2D eigenvalue weighted by Gasteiger charge is -2.38. The summed E-state index contributed by atoms with van der Waals surface area (Å²) in [7, 11) is 0. The van der Waals surface area contributed by atoms with Crippen LogP contribution in [0.3, 0.4) is 0 Å². The Morgan fingerprint density at radius 2 is 1.76 bits per heavy atom. The maximum atomic E-state index is 12.9. The number of rotatable bonds is 4. The molecule has 0 bridgehead atoms. The lowest BCUT2D eigenvalue weighted by atomic mass is 9.96. The first-order valence-electron chi connectivity index (χ1n) is 9.64. The molecule has 1 atom stereocenters. The molecule has 9 heteroatoms. The second-order valence-electron chi connectivity index (χ2n) is 7.25. The van der Waals surface area contributed by atoms with Gasteiger partial charge in [-0.2, -0.15) is 0 Å². The molecule has 0 aliphatic carbocycles. The molecule has 0 radical (unpaired) electrons. The molecule has 2 aliphatic rings. The summed E-state index contributed by atoms with van der Waals surface area (Å²) in [4.78, 5) is 52.7. The number of likely N-dealkylation sites (tertiary alicyclic amines) is 1. The number of amides is 3. The Morgan fingerprint density at radius 1 is 1.07 bits per heavy atom. The highest BCUT2D eigenvalue weighted by molar-refractivity contribution is 5.95. The average Bonchev–Trinajstić information content (AvgIpc) is 2.77. The van der Waals surface area contributed by atoms with Gasteiger partial charge in [0, 0.05) is 57.0 Å². The van der Waals surface area contributed by atoms with Crippen molar-refractivity contribution < 1.29 is 19.3 Å². The molecular weight excluding hydrogens is 376 g/mol. The first kappa shape index (κ1) is 20.5. The zero-order valence-corrected chi connectivity index (χ0v) is 16.2. The first-order chi connectivity index (χ1) is 13.9. The Bertz CT molecular complexity index is 832. The normalized spacial score (nSPS) is 19.6. The van der Waals surface area contributed by atoms with Crippen LogP contribution in [0.2, 0.25) is 0 Å². The Kier molecular flexibility index (Phi) is 6.26. The third-order valence-corrected chi connectivity index (χ3v) is 5.44. The summed E-state index contributed by atoms with van der Waals surface area (Å²) in [5, 5.41) is 10.9. The fourth-order valence-electron chi connectivity index (χ4n) is 3.83. The second-order valence-corrected chi connectivity index (χ2v) is 7.25. The molecule has 0 saturated carbocycles. The molecule has 0 aromatic heterocycles. The second kappa shape index (κ2) is 8.85. The van der Waals surface area contributed by atoms with Crippen molar-refractivity contribution in [2.75, 3.05) is 39.3 Å². The molecule has 2 saturated heterocycles. The summed E-state index contributed by atoms with van der Waals surface area (Å²) in [6, 6.07) is 5.66. The number of nitro groups is 1. The standard InChI is InChI=1S/C20H24N4O5/c1-2-18(25)23-8-4-6-16(14-23)20(27)22-11-9-21(10-12-22)19(26)15-5-3-7-17(13-15)24(28)29/h2-3,5,7,13,16H,1,4,6,8-12,14H2. The van der Waals surface area contributed by atoms with Crippen LogP contribution in [0.15, 0.2) is 36.9 Å². The number of nitrogens with zero attached hydrogens (tertiary/aromatic N) is 4. The van der Waals surface area contributed by atoms with Crippen LogP contribution in [0.4, 0.5) is 5.69 Å². The van der Waals surface area contributed by atoms with E-state index in [1.807, 2.05) is 0 Å². The van der Waals surface area contributed by atoms with E-state index in [9.17, 15) is 24.5 Å². The Balaban J connectivity index is 1.57. The number of non-ortho nitro benzene ring substituents is 1. The smallest absolute Gasteiger partial charge is 0.270 e. The lowest BCUT2D eigenvalue weighted by Crippen LogP contribution is -2.54. The number of nitro benzene ring substituents is 1. The van der Waals surface area contributed by atoms with Gasteiger partial charge in [-0.15, -0.1) is 0 Å². The molecular formula is C20H24N4O5. The third-order valence-electron chi connectivity index (χ3n) is 5.44. The number of benzene rings is 1. The molecule has 2 aliphatic heterocycles. The van der Waals surface area contributed by atoms with Gasteiger partial charge in [0.1, 0.15) is 0 Å². The summed E-state index contributed by atoms with van der Waals surface area (Å²) in [6.45, 7) is 6.09. The molecule has 1 aromatic rings. The zero-order valence-electron chi connectivity index (χ0n) is 16.2. The Morgan fingerprint density at radius 3 is 2.41 bits per heavy atom. The highest BCUT2D eigenvalue weighted by atomic mass is 16.6. The van der Waals surface area contributed by atoms with Gasteiger partial charge in [-0.1, -0.05) is 12.6 Å². The van der Waals surface area contributed by atoms with Gasteiger partial charge in [0.15, 0.2) is 0 Å². The lowest BCUT2D eigenvalue weighted by molar-refractivity contribution is -0.384. The van der Waals surface area contributed by atoms with Crippen molar-refractivity contribution in [2.24, 2.45) is 5.92 Å². The van der Waals surface area contributed by atoms with Crippen LogP contribution >= 0.6 is 0 Å². The molecule has 1 unspecified atom stereocenters. The van der Waals surface area contributed by atoms with Crippen molar-refractivity contribution in [2.45, 2.75) is 12.8 Å². The Hall–Kier alpha value is -3.23. The Labute approximate surface area is 168 Å². The molecule has 0 spiro atoms. The van der Waals surface area contributed by atoms with Crippen LogP contribution in [0.25, 0.3) is 0 Å². The molecule has 3 rings (SSSR count). The van der Waals surface area contributed by atoms with Crippen molar-refractivity contribution >= 4 is 23.4 Å². The molecule has 3 amide bonds. The third kappa shape index (κ3) is 4.61. The van der Waals surface area contributed by atoms with Gasteiger partial charge in [-0.3, -0.25) is 24.5 Å². The highest BCUT2D eigenvalue weighted by Gasteiger charge is 2.33. The van der Waals surface area contributed by atoms with Gasteiger partial charge in [0.05, 0.1) is 10.8 Å². The molecule has 2 fully saturated rings. The number of piperidine rings is 1. The van der Waals surface area contributed by atoms with E-state index in [0.717, 1.165) is 12.8 Å². The van der Waals surface area contributed by atoms with Crippen LogP contribution in [-0.4, -0.2) is 76.6 Å². The van der Waals surface area contributed by atoms with Crippen molar-refractivity contribution in [1.82, 2.24) is 14.7 Å². The molecule has 9 nitrogen and oxygen atoms in total. The number of carbonyl (C=O) groups is 3. The van der Waals surface area contributed by atoms with E-state index in [0.29, 0.717) is 39.3 Å². The van der Waals surface area contributed by atoms with Crippen LogP contribution in [0.5, 0.6) is 0 Å². The number of hydrogen-bond donors (Lipinski definition) is 0. The van der Waals surface area contributed by atoms with Crippen molar-refractivity contribution in [1.29, 1.82) is 0 Å².